The number of hydrogen-bond acceptors (Lipinski definition) is 5. The molecule has 0 amide bonds. The molecule has 3 aromatic rings. The lowest BCUT2D eigenvalue weighted by Crippen LogP contribution is -2.10. The van der Waals surface area contributed by atoms with Gasteiger partial charge < -0.3 is 14.8 Å². The van der Waals surface area contributed by atoms with E-state index in [9.17, 15) is 0 Å². The number of nitrogens with zero attached hydrogens (tertiary/aromatic N) is 2. The number of methoxy groups -OCH3 is 2. The summed E-state index contributed by atoms with van der Waals surface area (Å²) in [6.45, 7) is 6.11. The lowest BCUT2D eigenvalue weighted by atomic mass is 10.1. The molecule has 1 heterocycles. The highest BCUT2D eigenvalue weighted by molar-refractivity contribution is 5.92. The number of fused-ring (bicyclic) bond motifs is 1. The minimum absolute atomic E-state index is 0.116. The Morgan fingerprint density at radius 2 is 1.68 bits per heavy atom. The molecule has 130 valence electrons. The highest BCUT2D eigenvalue weighted by Gasteiger charge is 2.14. The Balaban J connectivity index is 2.05. The Morgan fingerprint density at radius 1 is 0.960 bits per heavy atom. The number of hydrogen-bond donors (Lipinski definition) is 1. The molecule has 1 aromatic heterocycles. The molecule has 25 heavy (non-hydrogen) atoms. The zero-order chi connectivity index (χ0) is 18.0. The number of ether oxygens (including phenoxy) is 2. The lowest BCUT2D eigenvalue weighted by molar-refractivity contribution is 0.356. The van der Waals surface area contributed by atoms with Crippen molar-refractivity contribution in [3.05, 3.63) is 53.3 Å². The van der Waals surface area contributed by atoms with E-state index in [1.807, 2.05) is 19.1 Å². The first-order valence-electron chi connectivity index (χ1n) is 8.25. The first kappa shape index (κ1) is 17.0. The van der Waals surface area contributed by atoms with E-state index in [4.69, 9.17) is 9.47 Å². The molecular formula is C20H23N3O2. The molecule has 0 spiro atoms. The predicted molar refractivity (Wildman–Crippen MR) is 101 cm³/mol. The first-order valence-corrected chi connectivity index (χ1v) is 8.25. The minimum Gasteiger partial charge on any atom is -0.493 e. The van der Waals surface area contributed by atoms with Gasteiger partial charge in [-0.15, -0.1) is 0 Å². The van der Waals surface area contributed by atoms with E-state index in [0.29, 0.717) is 17.3 Å². The van der Waals surface area contributed by atoms with Crippen molar-refractivity contribution in [1.82, 2.24) is 9.97 Å². The van der Waals surface area contributed by atoms with Crippen molar-refractivity contribution in [2.45, 2.75) is 26.8 Å². The van der Waals surface area contributed by atoms with Gasteiger partial charge in [0.2, 0.25) is 0 Å². The Kier molecular flexibility index (Phi) is 4.74. The van der Waals surface area contributed by atoms with Crippen LogP contribution >= 0.6 is 0 Å². The molecule has 3 rings (SSSR count). The molecule has 0 bridgehead atoms. The fourth-order valence-corrected chi connectivity index (χ4v) is 2.91. The third-order valence-corrected chi connectivity index (χ3v) is 4.21. The molecule has 0 aliphatic heterocycles. The quantitative estimate of drug-likeness (QED) is 0.746. The summed E-state index contributed by atoms with van der Waals surface area (Å²) in [5, 5.41) is 4.42. The van der Waals surface area contributed by atoms with Crippen LogP contribution in [0.4, 0.5) is 5.82 Å². The average molecular weight is 337 g/mol. The van der Waals surface area contributed by atoms with Gasteiger partial charge in [0.1, 0.15) is 11.6 Å². The molecular weight excluding hydrogens is 314 g/mol. The smallest absolute Gasteiger partial charge is 0.162 e. The highest BCUT2D eigenvalue weighted by Crippen LogP contribution is 2.35. The normalized spacial score (nSPS) is 12.0. The molecule has 1 unspecified atom stereocenters. The van der Waals surface area contributed by atoms with Crippen molar-refractivity contribution in [1.29, 1.82) is 0 Å². The van der Waals surface area contributed by atoms with Crippen molar-refractivity contribution >= 4 is 16.7 Å². The standard InChI is InChI=1S/C20H23N3O2/c1-12-7-6-8-15(9-12)13(2)21-20-16-10-18(24-4)19(25-5)11-17(16)22-14(3)23-20/h6-11,13H,1-5H3,(H,21,22,23). The van der Waals surface area contributed by atoms with Crippen LogP contribution in [0.25, 0.3) is 10.9 Å². The van der Waals surface area contributed by atoms with Crippen molar-refractivity contribution in [3.63, 3.8) is 0 Å². The minimum atomic E-state index is 0.116. The maximum atomic E-state index is 5.43. The fraction of sp³-hybridized carbons (Fsp3) is 0.300. The number of anilines is 1. The molecule has 0 radical (unpaired) electrons. The van der Waals surface area contributed by atoms with E-state index >= 15 is 0 Å². The van der Waals surface area contributed by atoms with Crippen LogP contribution in [-0.4, -0.2) is 24.2 Å². The van der Waals surface area contributed by atoms with Crippen LogP contribution in [-0.2, 0) is 0 Å². The van der Waals surface area contributed by atoms with Gasteiger partial charge in [-0.1, -0.05) is 29.8 Å². The average Bonchev–Trinajstić information content (AvgIpc) is 2.60. The summed E-state index contributed by atoms with van der Waals surface area (Å²) in [5.41, 5.74) is 3.27. The van der Waals surface area contributed by atoms with Gasteiger partial charge in [0.05, 0.1) is 19.7 Å². The monoisotopic (exact) mass is 337 g/mol. The zero-order valence-electron chi connectivity index (χ0n) is 15.3. The Hall–Kier alpha value is -2.82. The van der Waals surface area contributed by atoms with Crippen LogP contribution in [0.3, 0.4) is 0 Å². The Morgan fingerprint density at radius 3 is 2.36 bits per heavy atom. The van der Waals surface area contributed by atoms with E-state index in [0.717, 1.165) is 16.7 Å². The molecule has 0 fully saturated rings. The van der Waals surface area contributed by atoms with Gasteiger partial charge in [-0.3, -0.25) is 0 Å². The SMILES string of the molecule is COc1cc2nc(C)nc(NC(C)c3cccc(C)c3)c2cc1OC. The summed E-state index contributed by atoms with van der Waals surface area (Å²) in [4.78, 5) is 9.13. The summed E-state index contributed by atoms with van der Waals surface area (Å²) in [5.74, 6) is 2.82. The number of rotatable bonds is 5. The van der Waals surface area contributed by atoms with Crippen LogP contribution in [0.5, 0.6) is 11.5 Å². The van der Waals surface area contributed by atoms with Gasteiger partial charge in [0, 0.05) is 17.5 Å². The van der Waals surface area contributed by atoms with Crippen molar-refractivity contribution < 1.29 is 9.47 Å². The summed E-state index contributed by atoms with van der Waals surface area (Å²) >= 11 is 0. The second-order valence-corrected chi connectivity index (χ2v) is 6.12. The van der Waals surface area contributed by atoms with E-state index in [1.165, 1.54) is 11.1 Å². The van der Waals surface area contributed by atoms with Crippen molar-refractivity contribution in [2.24, 2.45) is 0 Å². The predicted octanol–water partition coefficient (Wildman–Crippen LogP) is 4.44. The van der Waals surface area contributed by atoms with Crippen LogP contribution < -0.4 is 14.8 Å². The largest absolute Gasteiger partial charge is 0.493 e. The molecule has 2 aromatic carbocycles. The Labute approximate surface area is 148 Å². The van der Waals surface area contributed by atoms with Crippen LogP contribution in [0, 0.1) is 13.8 Å². The van der Waals surface area contributed by atoms with Gasteiger partial charge in [-0.05, 0) is 32.4 Å². The molecule has 5 heteroatoms. The number of benzene rings is 2. The Bertz CT molecular complexity index is 909. The topological polar surface area (TPSA) is 56.3 Å². The maximum absolute atomic E-state index is 5.43. The summed E-state index contributed by atoms with van der Waals surface area (Å²) in [6.07, 6.45) is 0. The molecule has 0 saturated heterocycles. The third-order valence-electron chi connectivity index (χ3n) is 4.21. The van der Waals surface area contributed by atoms with Crippen molar-refractivity contribution in [2.75, 3.05) is 19.5 Å². The summed E-state index contributed by atoms with van der Waals surface area (Å²) < 4.78 is 10.8. The van der Waals surface area contributed by atoms with E-state index in [-0.39, 0.29) is 6.04 Å². The number of nitrogens with one attached hydrogen (secondary N) is 1. The fourth-order valence-electron chi connectivity index (χ4n) is 2.91. The van der Waals surface area contributed by atoms with Crippen LogP contribution in [0.2, 0.25) is 0 Å². The first-order chi connectivity index (χ1) is 12.0. The molecule has 0 aliphatic carbocycles. The molecule has 1 N–H and O–H groups in total. The third kappa shape index (κ3) is 3.50. The number of aromatic nitrogens is 2. The maximum Gasteiger partial charge on any atom is 0.162 e. The van der Waals surface area contributed by atoms with Crippen LogP contribution in [0.1, 0.15) is 29.9 Å². The molecule has 0 aliphatic rings. The number of aryl methyl sites for hydroxylation is 2. The van der Waals surface area contributed by atoms with Gasteiger partial charge in [-0.25, -0.2) is 9.97 Å². The van der Waals surface area contributed by atoms with E-state index in [1.54, 1.807) is 14.2 Å². The summed E-state index contributed by atoms with van der Waals surface area (Å²) in [6, 6.07) is 12.4. The molecule has 5 nitrogen and oxygen atoms in total. The lowest BCUT2D eigenvalue weighted by Gasteiger charge is -2.18. The van der Waals surface area contributed by atoms with Gasteiger partial charge in [-0.2, -0.15) is 0 Å². The van der Waals surface area contributed by atoms with Gasteiger partial charge in [0.15, 0.2) is 11.5 Å². The van der Waals surface area contributed by atoms with Gasteiger partial charge in [0.25, 0.3) is 0 Å². The van der Waals surface area contributed by atoms with Gasteiger partial charge >= 0.3 is 0 Å². The van der Waals surface area contributed by atoms with E-state index < -0.39 is 0 Å². The second kappa shape index (κ2) is 6.97. The zero-order valence-corrected chi connectivity index (χ0v) is 15.3. The highest BCUT2D eigenvalue weighted by atomic mass is 16.5. The molecule has 0 saturated carbocycles. The summed E-state index contributed by atoms with van der Waals surface area (Å²) in [7, 11) is 3.25. The second-order valence-electron chi connectivity index (χ2n) is 6.12. The van der Waals surface area contributed by atoms with Crippen molar-refractivity contribution in [3.8, 4) is 11.5 Å². The molecule has 1 atom stereocenters. The van der Waals surface area contributed by atoms with E-state index in [2.05, 4.69) is 53.4 Å². The van der Waals surface area contributed by atoms with Crippen LogP contribution in [0.15, 0.2) is 36.4 Å².